The molecule has 2 fully saturated rings. The Bertz CT molecular complexity index is 814. The maximum atomic E-state index is 13.5. The van der Waals surface area contributed by atoms with Crippen LogP contribution in [0.5, 0.6) is 0 Å². The first-order valence-corrected chi connectivity index (χ1v) is 9.77. The van der Waals surface area contributed by atoms with E-state index < -0.39 is 0 Å². The molecule has 0 radical (unpaired) electrons. The predicted octanol–water partition coefficient (Wildman–Crippen LogP) is 2.57. The van der Waals surface area contributed by atoms with Gasteiger partial charge in [0.25, 0.3) is 5.91 Å². The van der Waals surface area contributed by atoms with Crippen LogP contribution in [0.1, 0.15) is 53.6 Å². The summed E-state index contributed by atoms with van der Waals surface area (Å²) in [5, 5.41) is 8.86. The van der Waals surface area contributed by atoms with Crippen LogP contribution in [0.3, 0.4) is 0 Å². The third-order valence-electron chi connectivity index (χ3n) is 5.71. The number of hydrogen-bond donors (Lipinski definition) is 0. The Morgan fingerprint density at radius 3 is 2.78 bits per heavy atom. The Balaban J connectivity index is 1.46. The molecule has 1 unspecified atom stereocenters. The van der Waals surface area contributed by atoms with E-state index in [0.29, 0.717) is 18.7 Å². The fourth-order valence-electron chi connectivity index (χ4n) is 4.19. The first kappa shape index (κ1) is 18.1. The highest BCUT2D eigenvalue weighted by Gasteiger charge is 2.29. The number of halogens is 1. The van der Waals surface area contributed by atoms with E-state index in [1.54, 1.807) is 12.1 Å². The van der Waals surface area contributed by atoms with Gasteiger partial charge >= 0.3 is 0 Å². The van der Waals surface area contributed by atoms with Crippen LogP contribution < -0.4 is 0 Å². The number of rotatable bonds is 4. The molecule has 144 valence electrons. The molecular formula is C20H26FN5O. The monoisotopic (exact) mass is 371 g/mol. The van der Waals surface area contributed by atoms with Crippen LogP contribution in [0.25, 0.3) is 0 Å². The molecular weight excluding hydrogens is 345 g/mol. The number of hydrogen-bond acceptors (Lipinski definition) is 4. The van der Waals surface area contributed by atoms with Gasteiger partial charge in [0.2, 0.25) is 0 Å². The van der Waals surface area contributed by atoms with E-state index >= 15 is 0 Å². The zero-order valence-corrected chi connectivity index (χ0v) is 15.8. The molecule has 1 aromatic heterocycles. The minimum absolute atomic E-state index is 0.112. The molecule has 4 rings (SSSR count). The van der Waals surface area contributed by atoms with Gasteiger partial charge in [0.05, 0.1) is 6.54 Å². The zero-order chi connectivity index (χ0) is 18.8. The van der Waals surface area contributed by atoms with Gasteiger partial charge in [-0.05, 0) is 57.0 Å². The van der Waals surface area contributed by atoms with Gasteiger partial charge < -0.3 is 9.47 Å². The van der Waals surface area contributed by atoms with Crippen molar-refractivity contribution in [3.05, 3.63) is 47.3 Å². The maximum Gasteiger partial charge on any atom is 0.253 e. The number of nitrogens with zero attached hydrogens (tertiary/aromatic N) is 5. The van der Waals surface area contributed by atoms with Gasteiger partial charge in [0, 0.05) is 31.6 Å². The van der Waals surface area contributed by atoms with Crippen LogP contribution in [0.2, 0.25) is 0 Å². The smallest absolute Gasteiger partial charge is 0.253 e. The fourth-order valence-corrected chi connectivity index (χ4v) is 4.19. The number of aromatic nitrogens is 3. The van der Waals surface area contributed by atoms with Crippen molar-refractivity contribution in [2.24, 2.45) is 7.05 Å². The van der Waals surface area contributed by atoms with Crippen LogP contribution >= 0.6 is 0 Å². The van der Waals surface area contributed by atoms with Crippen molar-refractivity contribution in [3.8, 4) is 0 Å². The van der Waals surface area contributed by atoms with Gasteiger partial charge in [-0.25, -0.2) is 4.39 Å². The van der Waals surface area contributed by atoms with Gasteiger partial charge in [-0.1, -0.05) is 6.07 Å². The standard InChI is InChI=1S/C20H26FN5O/c1-24-18(14-25-9-2-3-10-25)22-23-19(24)16-7-5-11-26(13-16)20(27)15-6-4-8-17(21)12-15/h4,6,8,12,16H,2-3,5,7,9-11,13-14H2,1H3. The van der Waals surface area contributed by atoms with Gasteiger partial charge in [-0.15, -0.1) is 10.2 Å². The van der Waals surface area contributed by atoms with Crippen molar-refractivity contribution in [1.29, 1.82) is 0 Å². The molecule has 2 saturated heterocycles. The predicted molar refractivity (Wildman–Crippen MR) is 99.8 cm³/mol. The van der Waals surface area contributed by atoms with Crippen molar-refractivity contribution in [2.45, 2.75) is 38.1 Å². The van der Waals surface area contributed by atoms with E-state index in [1.807, 2.05) is 11.9 Å². The maximum absolute atomic E-state index is 13.5. The third-order valence-corrected chi connectivity index (χ3v) is 5.71. The Morgan fingerprint density at radius 2 is 2.00 bits per heavy atom. The lowest BCUT2D eigenvalue weighted by atomic mass is 9.96. The van der Waals surface area contributed by atoms with E-state index in [-0.39, 0.29) is 17.6 Å². The SMILES string of the molecule is Cn1c(CN2CCCC2)nnc1C1CCCN(C(=O)c2cccc(F)c2)C1. The highest BCUT2D eigenvalue weighted by Crippen LogP contribution is 2.27. The van der Waals surface area contributed by atoms with E-state index in [1.165, 1.54) is 25.0 Å². The van der Waals surface area contributed by atoms with E-state index in [4.69, 9.17) is 0 Å². The molecule has 0 spiro atoms. The van der Waals surface area contributed by atoms with Crippen LogP contribution in [0, 0.1) is 5.82 Å². The quantitative estimate of drug-likeness (QED) is 0.829. The lowest BCUT2D eigenvalue weighted by Gasteiger charge is -2.32. The largest absolute Gasteiger partial charge is 0.338 e. The summed E-state index contributed by atoms with van der Waals surface area (Å²) in [5.74, 6) is 1.61. The number of carbonyl (C=O) groups excluding carboxylic acids is 1. The zero-order valence-electron chi connectivity index (χ0n) is 15.8. The number of piperidine rings is 1. The molecule has 27 heavy (non-hydrogen) atoms. The van der Waals surface area contributed by atoms with Gasteiger partial charge in [0.1, 0.15) is 17.5 Å². The third kappa shape index (κ3) is 3.88. The Hall–Kier alpha value is -2.28. The van der Waals surface area contributed by atoms with Crippen molar-refractivity contribution >= 4 is 5.91 Å². The Morgan fingerprint density at radius 1 is 1.19 bits per heavy atom. The molecule has 2 aliphatic rings. The Labute approximate surface area is 159 Å². The number of likely N-dealkylation sites (tertiary alicyclic amines) is 2. The lowest BCUT2D eigenvalue weighted by Crippen LogP contribution is -2.39. The summed E-state index contributed by atoms with van der Waals surface area (Å²) in [6.07, 6.45) is 4.41. The average molecular weight is 371 g/mol. The number of carbonyl (C=O) groups is 1. The summed E-state index contributed by atoms with van der Waals surface area (Å²) >= 11 is 0. The minimum atomic E-state index is -0.380. The van der Waals surface area contributed by atoms with Crippen LogP contribution in [0.15, 0.2) is 24.3 Å². The lowest BCUT2D eigenvalue weighted by molar-refractivity contribution is 0.0703. The summed E-state index contributed by atoms with van der Waals surface area (Å²) < 4.78 is 15.6. The molecule has 2 aromatic rings. The van der Waals surface area contributed by atoms with Gasteiger partial charge in [-0.3, -0.25) is 9.69 Å². The normalized spacial score (nSPS) is 21.0. The molecule has 0 aliphatic carbocycles. The first-order valence-electron chi connectivity index (χ1n) is 9.77. The second kappa shape index (κ2) is 7.76. The molecule has 0 N–H and O–H groups in total. The summed E-state index contributed by atoms with van der Waals surface area (Å²) in [5.41, 5.74) is 0.406. The number of benzene rings is 1. The van der Waals surface area contributed by atoms with Crippen molar-refractivity contribution < 1.29 is 9.18 Å². The molecule has 0 bridgehead atoms. The minimum Gasteiger partial charge on any atom is -0.338 e. The summed E-state index contributed by atoms with van der Waals surface area (Å²) in [7, 11) is 2.02. The fraction of sp³-hybridized carbons (Fsp3) is 0.550. The molecule has 7 heteroatoms. The van der Waals surface area contributed by atoms with Gasteiger partial charge in [-0.2, -0.15) is 0 Å². The first-order chi connectivity index (χ1) is 13.1. The molecule has 3 heterocycles. The van der Waals surface area contributed by atoms with Crippen molar-refractivity contribution in [3.63, 3.8) is 0 Å². The van der Waals surface area contributed by atoms with Crippen molar-refractivity contribution in [2.75, 3.05) is 26.2 Å². The van der Waals surface area contributed by atoms with Crippen LogP contribution in [-0.4, -0.2) is 56.7 Å². The van der Waals surface area contributed by atoms with Crippen LogP contribution in [-0.2, 0) is 13.6 Å². The Kier molecular flexibility index (Phi) is 5.20. The van der Waals surface area contributed by atoms with E-state index in [2.05, 4.69) is 19.7 Å². The van der Waals surface area contributed by atoms with E-state index in [0.717, 1.165) is 44.1 Å². The molecule has 1 aromatic carbocycles. The molecule has 6 nitrogen and oxygen atoms in total. The topological polar surface area (TPSA) is 54.3 Å². The molecule has 0 saturated carbocycles. The number of amides is 1. The average Bonchev–Trinajstić information content (AvgIpc) is 3.32. The van der Waals surface area contributed by atoms with Crippen LogP contribution in [0.4, 0.5) is 4.39 Å². The second-order valence-electron chi connectivity index (χ2n) is 7.62. The highest BCUT2D eigenvalue weighted by atomic mass is 19.1. The van der Waals surface area contributed by atoms with Crippen molar-refractivity contribution in [1.82, 2.24) is 24.6 Å². The molecule has 1 amide bonds. The summed E-state index contributed by atoms with van der Waals surface area (Å²) in [6.45, 7) is 4.39. The molecule has 1 atom stereocenters. The highest BCUT2D eigenvalue weighted by molar-refractivity contribution is 5.94. The van der Waals surface area contributed by atoms with E-state index in [9.17, 15) is 9.18 Å². The summed E-state index contributed by atoms with van der Waals surface area (Å²) in [4.78, 5) is 17.0. The second-order valence-corrected chi connectivity index (χ2v) is 7.62. The summed E-state index contributed by atoms with van der Waals surface area (Å²) in [6, 6.07) is 5.92. The van der Waals surface area contributed by atoms with Gasteiger partial charge in [0.15, 0.2) is 0 Å². The molecule has 2 aliphatic heterocycles.